The van der Waals surface area contributed by atoms with Gasteiger partial charge in [-0.25, -0.2) is 4.98 Å². The van der Waals surface area contributed by atoms with Gasteiger partial charge in [0.25, 0.3) is 5.91 Å². The predicted octanol–water partition coefficient (Wildman–Crippen LogP) is 7.02. The molecular weight excluding hydrogens is 454 g/mol. The summed E-state index contributed by atoms with van der Waals surface area (Å²) >= 11 is 11.7. The van der Waals surface area contributed by atoms with Gasteiger partial charge in [0.15, 0.2) is 10.7 Å². The van der Waals surface area contributed by atoms with E-state index in [1.165, 1.54) is 5.56 Å². The Kier molecular flexibility index (Phi) is 6.49. The molecule has 5 nitrogen and oxygen atoms in total. The van der Waals surface area contributed by atoms with Crippen LogP contribution in [0, 0.1) is 13.8 Å². The van der Waals surface area contributed by atoms with Gasteiger partial charge in [-0.15, -0.1) is 0 Å². The number of halogens is 1. The summed E-state index contributed by atoms with van der Waals surface area (Å²) in [5.41, 5.74) is 6.55. The summed E-state index contributed by atoms with van der Waals surface area (Å²) in [6, 6.07) is 17.0. The van der Waals surface area contributed by atoms with Crippen LogP contribution in [0.3, 0.4) is 0 Å². The molecule has 0 aliphatic carbocycles. The van der Waals surface area contributed by atoms with Crippen LogP contribution in [0.25, 0.3) is 22.6 Å². The summed E-state index contributed by atoms with van der Waals surface area (Å²) in [4.78, 5) is 17.3. The quantitative estimate of drug-likeness (QED) is 0.309. The van der Waals surface area contributed by atoms with Gasteiger partial charge in [-0.3, -0.25) is 10.1 Å². The van der Waals surface area contributed by atoms with E-state index < -0.39 is 0 Å². The van der Waals surface area contributed by atoms with Crippen LogP contribution in [-0.2, 0) is 0 Å². The van der Waals surface area contributed by atoms with E-state index in [2.05, 4.69) is 29.5 Å². The number of nitrogens with one attached hydrogen (secondary N) is 2. The molecular formula is C26H24ClN3O2S. The van der Waals surface area contributed by atoms with Crippen molar-refractivity contribution in [3.05, 3.63) is 81.9 Å². The van der Waals surface area contributed by atoms with Crippen LogP contribution >= 0.6 is 23.8 Å². The molecule has 0 aliphatic rings. The van der Waals surface area contributed by atoms with Gasteiger partial charge >= 0.3 is 0 Å². The standard InChI is InChI=1S/C26H24ClN3O2S/c1-14(2)17-7-10-23-22(12-17)28-25(32-23)18-6-9-20(27)21(13-18)29-26(33)30-24(31)19-8-5-15(3)11-16(19)4/h5-14H,1-4H3,(H2,29,30,31,33). The van der Waals surface area contributed by atoms with E-state index in [9.17, 15) is 4.79 Å². The number of anilines is 1. The predicted molar refractivity (Wildman–Crippen MR) is 138 cm³/mol. The topological polar surface area (TPSA) is 67.2 Å². The number of fused-ring (bicyclic) bond motifs is 1. The molecule has 0 bridgehead atoms. The molecule has 168 valence electrons. The van der Waals surface area contributed by atoms with Gasteiger partial charge < -0.3 is 9.73 Å². The number of carbonyl (C=O) groups excluding carboxylic acids is 1. The second-order valence-electron chi connectivity index (χ2n) is 8.32. The van der Waals surface area contributed by atoms with E-state index in [0.29, 0.717) is 28.1 Å². The number of oxazole rings is 1. The first-order valence-corrected chi connectivity index (χ1v) is 11.4. The van der Waals surface area contributed by atoms with Crippen LogP contribution in [-0.4, -0.2) is 16.0 Å². The summed E-state index contributed by atoms with van der Waals surface area (Å²) in [5, 5.41) is 6.33. The first kappa shape index (κ1) is 23.0. The van der Waals surface area contributed by atoms with E-state index in [4.69, 9.17) is 28.2 Å². The zero-order valence-electron chi connectivity index (χ0n) is 18.8. The number of hydrogen-bond donors (Lipinski definition) is 2. The molecule has 0 saturated heterocycles. The van der Waals surface area contributed by atoms with Crippen LogP contribution in [0.5, 0.6) is 0 Å². The van der Waals surface area contributed by atoms with Crippen molar-refractivity contribution in [1.29, 1.82) is 0 Å². The first-order valence-electron chi connectivity index (χ1n) is 10.6. The number of aromatic nitrogens is 1. The Labute approximate surface area is 203 Å². The zero-order valence-corrected chi connectivity index (χ0v) is 20.4. The van der Waals surface area contributed by atoms with Crippen molar-refractivity contribution < 1.29 is 9.21 Å². The highest BCUT2D eigenvalue weighted by atomic mass is 35.5. The van der Waals surface area contributed by atoms with Crippen molar-refractivity contribution in [2.45, 2.75) is 33.6 Å². The Hall–Kier alpha value is -3.22. The fraction of sp³-hybridized carbons (Fsp3) is 0.192. The highest BCUT2D eigenvalue weighted by molar-refractivity contribution is 7.80. The molecule has 0 radical (unpaired) electrons. The minimum atomic E-state index is -0.280. The van der Waals surface area contributed by atoms with E-state index in [1.54, 1.807) is 18.2 Å². The molecule has 0 aliphatic heterocycles. The second kappa shape index (κ2) is 9.33. The molecule has 1 heterocycles. The highest BCUT2D eigenvalue weighted by Gasteiger charge is 2.14. The van der Waals surface area contributed by atoms with Gasteiger partial charge in [-0.2, -0.15) is 0 Å². The molecule has 3 aromatic carbocycles. The lowest BCUT2D eigenvalue weighted by Gasteiger charge is -2.13. The maximum absolute atomic E-state index is 12.6. The van der Waals surface area contributed by atoms with E-state index >= 15 is 0 Å². The molecule has 33 heavy (non-hydrogen) atoms. The van der Waals surface area contributed by atoms with Crippen LogP contribution in [0.15, 0.2) is 59.0 Å². The van der Waals surface area contributed by atoms with Crippen molar-refractivity contribution in [3.63, 3.8) is 0 Å². The molecule has 4 rings (SSSR count). The number of thiocarbonyl (C=S) groups is 1. The van der Waals surface area contributed by atoms with Crippen molar-refractivity contribution in [2.75, 3.05) is 5.32 Å². The lowest BCUT2D eigenvalue weighted by molar-refractivity contribution is 0.0977. The Morgan fingerprint density at radius 1 is 1.06 bits per heavy atom. The Morgan fingerprint density at radius 2 is 1.85 bits per heavy atom. The molecule has 2 N–H and O–H groups in total. The summed E-state index contributed by atoms with van der Waals surface area (Å²) in [5.74, 6) is 0.605. The fourth-order valence-corrected chi connectivity index (χ4v) is 3.94. The number of carbonyl (C=O) groups is 1. The van der Waals surface area contributed by atoms with E-state index in [-0.39, 0.29) is 11.0 Å². The number of benzene rings is 3. The molecule has 0 saturated carbocycles. The number of aryl methyl sites for hydroxylation is 2. The van der Waals surface area contributed by atoms with Gasteiger partial charge in [0.2, 0.25) is 5.89 Å². The van der Waals surface area contributed by atoms with Gasteiger partial charge in [-0.05, 0) is 79.5 Å². The SMILES string of the molecule is Cc1ccc(C(=O)NC(=S)Nc2cc(-c3nc4cc(C(C)C)ccc4o3)ccc2Cl)c(C)c1. The number of hydrogen-bond acceptors (Lipinski definition) is 4. The monoisotopic (exact) mass is 477 g/mol. The number of rotatable bonds is 4. The normalized spacial score (nSPS) is 11.1. The third-order valence-corrected chi connectivity index (χ3v) is 5.93. The number of amides is 1. The molecule has 0 unspecified atom stereocenters. The summed E-state index contributed by atoms with van der Waals surface area (Å²) in [7, 11) is 0. The average Bonchev–Trinajstić information content (AvgIpc) is 3.18. The van der Waals surface area contributed by atoms with Gasteiger partial charge in [0.1, 0.15) is 5.52 Å². The third-order valence-electron chi connectivity index (χ3n) is 5.39. The zero-order chi connectivity index (χ0) is 23.7. The Balaban J connectivity index is 1.54. The minimum absolute atomic E-state index is 0.151. The van der Waals surface area contributed by atoms with Crippen molar-refractivity contribution in [3.8, 4) is 11.5 Å². The second-order valence-corrected chi connectivity index (χ2v) is 9.14. The fourth-order valence-electron chi connectivity index (χ4n) is 3.57. The Bertz CT molecular complexity index is 1380. The van der Waals surface area contributed by atoms with Crippen LogP contribution < -0.4 is 10.6 Å². The third kappa shape index (κ3) is 5.07. The summed E-state index contributed by atoms with van der Waals surface area (Å²) < 4.78 is 5.95. The van der Waals surface area contributed by atoms with E-state index in [0.717, 1.165) is 27.8 Å². The molecule has 1 amide bonds. The van der Waals surface area contributed by atoms with Gasteiger partial charge in [-0.1, -0.05) is 49.2 Å². The summed E-state index contributed by atoms with van der Waals surface area (Å²) in [6.45, 7) is 8.15. The average molecular weight is 478 g/mol. The Morgan fingerprint density at radius 3 is 2.58 bits per heavy atom. The van der Waals surface area contributed by atoms with Gasteiger partial charge in [0, 0.05) is 11.1 Å². The molecule has 4 aromatic rings. The van der Waals surface area contributed by atoms with Crippen molar-refractivity contribution >= 4 is 51.6 Å². The molecule has 0 fully saturated rings. The molecule has 0 spiro atoms. The van der Waals surface area contributed by atoms with Crippen molar-refractivity contribution in [2.24, 2.45) is 0 Å². The van der Waals surface area contributed by atoms with Crippen LogP contribution in [0.2, 0.25) is 5.02 Å². The lowest BCUT2D eigenvalue weighted by Crippen LogP contribution is -2.34. The van der Waals surface area contributed by atoms with Crippen LogP contribution in [0.1, 0.15) is 46.8 Å². The molecule has 0 atom stereocenters. The summed E-state index contributed by atoms with van der Waals surface area (Å²) in [6.07, 6.45) is 0. The van der Waals surface area contributed by atoms with Crippen molar-refractivity contribution in [1.82, 2.24) is 10.3 Å². The maximum Gasteiger partial charge on any atom is 0.257 e. The van der Waals surface area contributed by atoms with E-state index in [1.807, 2.05) is 50.2 Å². The molecule has 7 heteroatoms. The largest absolute Gasteiger partial charge is 0.436 e. The lowest BCUT2D eigenvalue weighted by atomic mass is 10.0. The first-order chi connectivity index (χ1) is 15.7. The van der Waals surface area contributed by atoms with Crippen LogP contribution in [0.4, 0.5) is 5.69 Å². The maximum atomic E-state index is 12.6. The smallest absolute Gasteiger partial charge is 0.257 e. The van der Waals surface area contributed by atoms with Gasteiger partial charge in [0.05, 0.1) is 10.7 Å². The molecule has 1 aromatic heterocycles. The number of nitrogens with zero attached hydrogens (tertiary/aromatic N) is 1. The minimum Gasteiger partial charge on any atom is -0.436 e. The highest BCUT2D eigenvalue weighted by Crippen LogP contribution is 2.31.